The number of H-pyrrole nitrogens is 1. The van der Waals surface area contributed by atoms with Crippen LogP contribution in [0, 0.1) is 6.92 Å². The van der Waals surface area contributed by atoms with Crippen molar-refractivity contribution in [1.82, 2.24) is 4.98 Å². The topological polar surface area (TPSA) is 79.4 Å². The first-order valence-corrected chi connectivity index (χ1v) is 8.23. The summed E-state index contributed by atoms with van der Waals surface area (Å²) in [5.74, 6) is -0.889. The number of ether oxygens (including phenoxy) is 1. The molecule has 1 unspecified atom stereocenters. The van der Waals surface area contributed by atoms with Gasteiger partial charge in [0.15, 0.2) is 5.78 Å². The fourth-order valence-electron chi connectivity index (χ4n) is 3.20. The molecule has 0 saturated heterocycles. The molecule has 130 valence electrons. The van der Waals surface area contributed by atoms with Crippen LogP contribution < -0.4 is 4.74 Å². The molecule has 1 heterocycles. The van der Waals surface area contributed by atoms with Crippen LogP contribution in [-0.2, 0) is 11.2 Å². The molecule has 0 fully saturated rings. The Hall–Kier alpha value is -2.53. The summed E-state index contributed by atoms with van der Waals surface area (Å²) < 4.78 is 5.40. The van der Waals surface area contributed by atoms with Gasteiger partial charge in [-0.3, -0.25) is 9.59 Å². The Labute approximate surface area is 149 Å². The Morgan fingerprint density at radius 2 is 2.12 bits per heavy atom. The summed E-state index contributed by atoms with van der Waals surface area (Å²) in [7, 11) is 1.48. The smallest absolute Gasteiger partial charge is 0.307 e. The van der Waals surface area contributed by atoms with E-state index in [1.807, 2.05) is 12.2 Å². The predicted octanol–water partition coefficient (Wildman–Crippen LogP) is 3.79. The summed E-state index contributed by atoms with van der Waals surface area (Å²) in [5, 5.41) is 9.81. The number of carbonyl (C=O) groups excluding carboxylic acids is 1. The van der Waals surface area contributed by atoms with E-state index in [1.165, 1.54) is 7.11 Å². The van der Waals surface area contributed by atoms with E-state index in [4.69, 9.17) is 16.3 Å². The fourth-order valence-corrected chi connectivity index (χ4v) is 3.46. The molecule has 1 atom stereocenters. The average Bonchev–Trinajstić information content (AvgIpc) is 2.89. The lowest BCUT2D eigenvalue weighted by Gasteiger charge is -2.24. The van der Waals surface area contributed by atoms with E-state index in [2.05, 4.69) is 4.98 Å². The van der Waals surface area contributed by atoms with Gasteiger partial charge in [-0.1, -0.05) is 24.3 Å². The molecule has 2 aromatic rings. The van der Waals surface area contributed by atoms with Gasteiger partial charge in [0.25, 0.3) is 0 Å². The number of nitrogens with one attached hydrogen (secondary N) is 1. The van der Waals surface area contributed by atoms with Gasteiger partial charge in [-0.05, 0) is 31.0 Å². The van der Waals surface area contributed by atoms with Gasteiger partial charge in [-0.2, -0.15) is 0 Å². The maximum Gasteiger partial charge on any atom is 0.307 e. The van der Waals surface area contributed by atoms with Crippen molar-refractivity contribution >= 4 is 34.3 Å². The molecule has 1 aromatic carbocycles. The first-order valence-electron chi connectivity index (χ1n) is 7.85. The van der Waals surface area contributed by atoms with Crippen molar-refractivity contribution in [2.24, 2.45) is 0 Å². The van der Waals surface area contributed by atoms with Gasteiger partial charge >= 0.3 is 5.97 Å². The lowest BCUT2D eigenvalue weighted by Crippen LogP contribution is -2.31. The normalized spacial score (nSPS) is 19.3. The molecule has 25 heavy (non-hydrogen) atoms. The third-order valence-electron chi connectivity index (χ3n) is 4.42. The second-order valence-corrected chi connectivity index (χ2v) is 6.72. The van der Waals surface area contributed by atoms with Crippen molar-refractivity contribution < 1.29 is 19.4 Å². The molecule has 5 nitrogen and oxygen atoms in total. The molecule has 1 aliphatic rings. The van der Waals surface area contributed by atoms with E-state index in [0.717, 1.165) is 0 Å². The molecular formula is C19H18ClNO4. The van der Waals surface area contributed by atoms with Crippen LogP contribution >= 0.6 is 11.6 Å². The molecule has 0 radical (unpaired) electrons. The number of halogens is 1. The summed E-state index contributed by atoms with van der Waals surface area (Å²) in [5.41, 5.74) is 2.28. The molecular weight excluding hydrogens is 342 g/mol. The Morgan fingerprint density at radius 1 is 1.36 bits per heavy atom. The number of alkyl halides is 1. The first kappa shape index (κ1) is 17.3. The number of benzene rings is 1. The molecule has 0 aliphatic heterocycles. The number of methoxy groups -OCH3 is 1. The number of aromatic amines is 1. The molecule has 0 bridgehead atoms. The molecule has 6 heteroatoms. The first-order chi connectivity index (χ1) is 11.9. The minimum atomic E-state index is -1.21. The van der Waals surface area contributed by atoms with Crippen LogP contribution in [0.15, 0.2) is 36.4 Å². The quantitative estimate of drug-likeness (QED) is 0.628. The Morgan fingerprint density at radius 3 is 2.72 bits per heavy atom. The molecule has 2 N–H and O–H groups in total. The summed E-state index contributed by atoms with van der Waals surface area (Å²) in [4.78, 5) is 26.5. The number of aromatic nitrogens is 1. The van der Waals surface area contributed by atoms with E-state index in [0.29, 0.717) is 39.9 Å². The van der Waals surface area contributed by atoms with Gasteiger partial charge in [0.05, 0.1) is 19.1 Å². The van der Waals surface area contributed by atoms with Crippen LogP contribution in [0.1, 0.15) is 28.0 Å². The summed E-state index contributed by atoms with van der Waals surface area (Å²) in [6.45, 7) is 1.79. The van der Waals surface area contributed by atoms with E-state index >= 15 is 0 Å². The number of carboxylic acid groups (broad SMARTS) is 1. The zero-order valence-electron chi connectivity index (χ0n) is 13.9. The number of rotatable bonds is 5. The number of fused-ring (bicyclic) bond motifs is 1. The highest BCUT2D eigenvalue weighted by atomic mass is 35.5. The number of hydrogen-bond donors (Lipinski definition) is 2. The van der Waals surface area contributed by atoms with Crippen LogP contribution in [-0.4, -0.2) is 33.8 Å². The number of allylic oxidation sites excluding steroid dienone is 4. The second-order valence-electron chi connectivity index (χ2n) is 6.05. The molecule has 0 spiro atoms. The van der Waals surface area contributed by atoms with E-state index < -0.39 is 10.8 Å². The van der Waals surface area contributed by atoms with Crippen LogP contribution in [0.2, 0.25) is 0 Å². The van der Waals surface area contributed by atoms with E-state index in [-0.39, 0.29) is 12.2 Å². The lowest BCUT2D eigenvalue weighted by atomic mass is 9.87. The van der Waals surface area contributed by atoms with Crippen LogP contribution in [0.5, 0.6) is 5.75 Å². The van der Waals surface area contributed by atoms with Gasteiger partial charge in [-0.15, -0.1) is 11.6 Å². The van der Waals surface area contributed by atoms with E-state index in [1.54, 1.807) is 31.2 Å². The number of hydrogen-bond acceptors (Lipinski definition) is 3. The Kier molecular flexibility index (Phi) is 4.43. The van der Waals surface area contributed by atoms with Crippen molar-refractivity contribution in [2.75, 3.05) is 7.11 Å². The lowest BCUT2D eigenvalue weighted by molar-refractivity contribution is -0.136. The molecule has 1 aliphatic carbocycles. The van der Waals surface area contributed by atoms with Crippen molar-refractivity contribution in [3.05, 3.63) is 53.3 Å². The number of aryl methyl sites for hydroxylation is 1. The van der Waals surface area contributed by atoms with E-state index in [9.17, 15) is 14.7 Å². The molecule has 0 amide bonds. The third kappa shape index (κ3) is 2.96. The minimum absolute atomic E-state index is 0.190. The van der Waals surface area contributed by atoms with Crippen molar-refractivity contribution in [1.29, 1.82) is 0 Å². The average molecular weight is 360 g/mol. The third-order valence-corrected chi connectivity index (χ3v) is 4.87. The van der Waals surface area contributed by atoms with Gasteiger partial charge in [0.2, 0.25) is 0 Å². The zero-order chi connectivity index (χ0) is 18.2. The summed E-state index contributed by atoms with van der Waals surface area (Å²) >= 11 is 6.58. The number of carboxylic acids is 1. The van der Waals surface area contributed by atoms with Crippen molar-refractivity contribution in [2.45, 2.75) is 24.6 Å². The number of carbonyl (C=O) groups is 2. The minimum Gasteiger partial charge on any atom is -0.496 e. The molecule has 0 saturated carbocycles. The highest BCUT2D eigenvalue weighted by molar-refractivity contribution is 6.41. The standard InChI is InChI=1S/C19H18ClNO4/c1-11-12(10-15(22)23)16-13(21-11)6-7-14(25-2)17(16)18(24)19(20)8-4-3-5-9-19/h3-8,21H,9-10H2,1-2H3,(H,22,23). The van der Waals surface area contributed by atoms with Crippen LogP contribution in [0.4, 0.5) is 0 Å². The number of ketones is 1. The molecule has 1 aromatic heterocycles. The number of Topliss-reactive ketones (excluding diaryl/α,β-unsaturated/α-hetero) is 1. The van der Waals surface area contributed by atoms with Gasteiger partial charge in [0.1, 0.15) is 10.6 Å². The van der Waals surface area contributed by atoms with Gasteiger partial charge < -0.3 is 14.8 Å². The van der Waals surface area contributed by atoms with Crippen molar-refractivity contribution in [3.63, 3.8) is 0 Å². The summed E-state index contributed by atoms with van der Waals surface area (Å²) in [6, 6.07) is 3.47. The SMILES string of the molecule is COc1ccc2[nH]c(C)c(CC(=O)O)c2c1C(=O)C1(Cl)C=CC=CC1. The van der Waals surface area contributed by atoms with Gasteiger partial charge in [-0.25, -0.2) is 0 Å². The maximum absolute atomic E-state index is 13.3. The van der Waals surface area contributed by atoms with Gasteiger partial charge in [0, 0.05) is 16.6 Å². The predicted molar refractivity (Wildman–Crippen MR) is 96.7 cm³/mol. The Bertz CT molecular complexity index is 925. The maximum atomic E-state index is 13.3. The Balaban J connectivity index is 2.28. The molecule has 3 rings (SSSR count). The van der Waals surface area contributed by atoms with Crippen molar-refractivity contribution in [3.8, 4) is 5.75 Å². The number of aliphatic carboxylic acids is 1. The highest BCUT2D eigenvalue weighted by Crippen LogP contribution is 2.39. The largest absolute Gasteiger partial charge is 0.496 e. The van der Waals surface area contributed by atoms with Crippen LogP contribution in [0.3, 0.4) is 0 Å². The fraction of sp³-hybridized carbons (Fsp3) is 0.263. The summed E-state index contributed by atoms with van der Waals surface area (Å²) in [6.07, 6.45) is 7.23. The second kappa shape index (κ2) is 6.41. The highest BCUT2D eigenvalue weighted by Gasteiger charge is 2.37. The zero-order valence-corrected chi connectivity index (χ0v) is 14.7. The van der Waals surface area contributed by atoms with Crippen LogP contribution in [0.25, 0.3) is 10.9 Å². The monoisotopic (exact) mass is 359 g/mol.